The van der Waals surface area contributed by atoms with Crippen molar-refractivity contribution in [2.75, 3.05) is 19.7 Å². The monoisotopic (exact) mass is 523 g/mol. The number of halogens is 1. The number of hydrogen-bond acceptors (Lipinski definition) is 4. The number of rotatable bonds is 21. The summed E-state index contributed by atoms with van der Waals surface area (Å²) in [6.45, 7) is 7.66. The van der Waals surface area contributed by atoms with E-state index in [-0.39, 0.29) is 18.4 Å². The fourth-order valence-corrected chi connectivity index (χ4v) is 4.15. The Bertz CT molecular complexity index is 392. The summed E-state index contributed by atoms with van der Waals surface area (Å²) in [7, 11) is 0. The van der Waals surface area contributed by atoms with Gasteiger partial charge in [0, 0.05) is 28.8 Å². The fourth-order valence-electron chi connectivity index (χ4n) is 3.53. The lowest BCUT2D eigenvalue weighted by atomic mass is 9.90. The molecule has 0 bridgehead atoms. The van der Waals surface area contributed by atoms with E-state index >= 15 is 0 Å². The molecule has 0 saturated carbocycles. The number of Topliss-reactive ketones (excluding diaryl/α,β-unsaturated/α-hetero) is 1. The molecular formula is C24H46INO3. The average molecular weight is 524 g/mol. The van der Waals surface area contributed by atoms with Crippen LogP contribution in [0, 0.1) is 5.92 Å². The third-order valence-corrected chi connectivity index (χ3v) is 6.09. The van der Waals surface area contributed by atoms with Crippen molar-refractivity contribution in [1.82, 2.24) is 3.11 Å². The van der Waals surface area contributed by atoms with Gasteiger partial charge >= 0.3 is 5.97 Å². The van der Waals surface area contributed by atoms with Crippen LogP contribution >= 0.6 is 22.9 Å². The molecule has 0 aliphatic heterocycles. The first kappa shape index (κ1) is 28.8. The van der Waals surface area contributed by atoms with Crippen molar-refractivity contribution in [3.8, 4) is 0 Å². The highest BCUT2D eigenvalue weighted by molar-refractivity contribution is 14.1. The minimum absolute atomic E-state index is 0.149. The second-order valence-electron chi connectivity index (χ2n) is 8.28. The normalized spacial score (nSPS) is 11.4. The van der Waals surface area contributed by atoms with Crippen LogP contribution in [0.1, 0.15) is 117 Å². The van der Waals surface area contributed by atoms with Crippen molar-refractivity contribution >= 4 is 34.6 Å². The first-order valence-corrected chi connectivity index (χ1v) is 13.1. The standard InChI is InChI=1S/C24H46INO3/c1-4-7-10-13-16-19-29-24(28)21-26(25)20-23(27)22(17-14-11-8-5-2)18-15-12-9-6-3/h22H,4-21H2,1-3H3. The van der Waals surface area contributed by atoms with Gasteiger partial charge < -0.3 is 4.74 Å². The van der Waals surface area contributed by atoms with Crippen LogP contribution in [-0.4, -0.2) is 34.6 Å². The Balaban J connectivity index is 4.21. The van der Waals surface area contributed by atoms with Crippen LogP contribution in [0.15, 0.2) is 0 Å². The average Bonchev–Trinajstić information content (AvgIpc) is 2.69. The van der Waals surface area contributed by atoms with Crippen LogP contribution in [0.4, 0.5) is 0 Å². The van der Waals surface area contributed by atoms with E-state index in [0.29, 0.717) is 18.9 Å². The van der Waals surface area contributed by atoms with Gasteiger partial charge in [-0.05, 0) is 19.3 Å². The molecule has 0 aliphatic rings. The summed E-state index contributed by atoms with van der Waals surface area (Å²) in [5, 5.41) is 0. The van der Waals surface area contributed by atoms with E-state index in [1.165, 1.54) is 57.8 Å². The lowest BCUT2D eigenvalue weighted by Gasteiger charge is -2.19. The zero-order valence-corrected chi connectivity index (χ0v) is 21.5. The number of ether oxygens (including phenoxy) is 1. The van der Waals surface area contributed by atoms with E-state index in [0.717, 1.165) is 38.5 Å². The van der Waals surface area contributed by atoms with Gasteiger partial charge in [0.25, 0.3) is 0 Å². The summed E-state index contributed by atoms with van der Waals surface area (Å²) < 4.78 is 7.12. The molecule has 4 nitrogen and oxygen atoms in total. The number of carbonyl (C=O) groups is 2. The molecule has 0 unspecified atom stereocenters. The minimum atomic E-state index is -0.217. The quantitative estimate of drug-likeness (QED) is 0.0687. The van der Waals surface area contributed by atoms with Gasteiger partial charge in [-0.2, -0.15) is 0 Å². The minimum Gasteiger partial charge on any atom is -0.465 e. The van der Waals surface area contributed by atoms with Gasteiger partial charge in [-0.1, -0.05) is 97.8 Å². The molecule has 0 N–H and O–H groups in total. The highest BCUT2D eigenvalue weighted by Gasteiger charge is 2.21. The largest absolute Gasteiger partial charge is 0.465 e. The van der Waals surface area contributed by atoms with Gasteiger partial charge in [0.1, 0.15) is 6.54 Å². The SMILES string of the molecule is CCCCCCCOC(=O)CN(I)CC(=O)C(CCCCCC)CCCCCC. The predicted molar refractivity (Wildman–Crippen MR) is 131 cm³/mol. The Morgan fingerprint density at radius 2 is 1.21 bits per heavy atom. The summed E-state index contributed by atoms with van der Waals surface area (Å²) >= 11 is 2.10. The molecule has 0 aromatic heterocycles. The third kappa shape index (κ3) is 18.3. The summed E-state index contributed by atoms with van der Waals surface area (Å²) in [6.07, 6.45) is 17.4. The van der Waals surface area contributed by atoms with E-state index in [9.17, 15) is 9.59 Å². The molecule has 0 amide bonds. The molecule has 0 aromatic carbocycles. The van der Waals surface area contributed by atoms with E-state index in [4.69, 9.17) is 4.74 Å². The number of unbranched alkanes of at least 4 members (excludes halogenated alkanes) is 10. The van der Waals surface area contributed by atoms with Gasteiger partial charge in [0.2, 0.25) is 0 Å². The number of esters is 1. The molecule has 0 aliphatic carbocycles. The molecule has 0 spiro atoms. The first-order valence-electron chi connectivity index (χ1n) is 12.1. The Hall–Kier alpha value is -0.170. The van der Waals surface area contributed by atoms with Gasteiger partial charge in [-0.3, -0.25) is 9.59 Å². The highest BCUT2D eigenvalue weighted by atomic mass is 127. The lowest BCUT2D eigenvalue weighted by Crippen LogP contribution is -2.31. The van der Waals surface area contributed by atoms with Crippen LogP contribution in [0.5, 0.6) is 0 Å². The van der Waals surface area contributed by atoms with Gasteiger partial charge in [-0.25, -0.2) is 3.11 Å². The topological polar surface area (TPSA) is 46.6 Å². The molecule has 0 atom stereocenters. The zero-order chi connectivity index (χ0) is 21.7. The van der Waals surface area contributed by atoms with Gasteiger partial charge in [-0.15, -0.1) is 0 Å². The molecule has 0 aromatic rings. The maximum Gasteiger partial charge on any atom is 0.320 e. The molecule has 0 saturated heterocycles. The van der Waals surface area contributed by atoms with Crippen LogP contribution in [-0.2, 0) is 14.3 Å². The van der Waals surface area contributed by atoms with Crippen molar-refractivity contribution in [2.45, 2.75) is 117 Å². The van der Waals surface area contributed by atoms with Crippen molar-refractivity contribution in [1.29, 1.82) is 0 Å². The van der Waals surface area contributed by atoms with Crippen LogP contribution in [0.3, 0.4) is 0 Å². The van der Waals surface area contributed by atoms with Crippen LogP contribution in [0.2, 0.25) is 0 Å². The summed E-state index contributed by atoms with van der Waals surface area (Å²) in [6, 6.07) is 0. The summed E-state index contributed by atoms with van der Waals surface area (Å²) in [5.74, 6) is 0.223. The highest BCUT2D eigenvalue weighted by Crippen LogP contribution is 2.20. The van der Waals surface area contributed by atoms with Gasteiger partial charge in [0.15, 0.2) is 5.78 Å². The Kier molecular flexibility index (Phi) is 21.0. The summed E-state index contributed by atoms with van der Waals surface area (Å²) in [4.78, 5) is 24.8. The lowest BCUT2D eigenvalue weighted by molar-refractivity contribution is -0.143. The molecule has 29 heavy (non-hydrogen) atoms. The molecule has 5 heteroatoms. The van der Waals surface area contributed by atoms with E-state index < -0.39 is 0 Å². The molecule has 0 rings (SSSR count). The predicted octanol–water partition coefficient (Wildman–Crippen LogP) is 7.28. The number of carbonyl (C=O) groups excluding carboxylic acids is 2. The first-order chi connectivity index (χ1) is 14.0. The van der Waals surface area contributed by atoms with Crippen molar-refractivity contribution in [2.24, 2.45) is 5.92 Å². The summed E-state index contributed by atoms with van der Waals surface area (Å²) in [5.41, 5.74) is 0. The number of nitrogens with zero attached hydrogens (tertiary/aromatic N) is 1. The van der Waals surface area contributed by atoms with E-state index in [2.05, 4.69) is 43.6 Å². The molecule has 172 valence electrons. The second-order valence-corrected chi connectivity index (χ2v) is 9.64. The Labute approximate surface area is 194 Å². The molecule has 0 heterocycles. The van der Waals surface area contributed by atoms with Gasteiger partial charge in [0.05, 0.1) is 13.2 Å². The van der Waals surface area contributed by atoms with Crippen molar-refractivity contribution < 1.29 is 14.3 Å². The Morgan fingerprint density at radius 3 is 1.72 bits per heavy atom. The maximum atomic E-state index is 12.8. The van der Waals surface area contributed by atoms with Crippen LogP contribution < -0.4 is 0 Å². The maximum absolute atomic E-state index is 12.8. The van der Waals surface area contributed by atoms with Crippen LogP contribution in [0.25, 0.3) is 0 Å². The fraction of sp³-hybridized carbons (Fsp3) is 0.917. The molecule has 0 fully saturated rings. The molecule has 0 radical (unpaired) electrons. The van der Waals surface area contributed by atoms with E-state index in [1.54, 1.807) is 3.11 Å². The number of hydrogen-bond donors (Lipinski definition) is 0. The second kappa shape index (κ2) is 21.1. The number of ketones is 1. The zero-order valence-electron chi connectivity index (χ0n) is 19.4. The van der Waals surface area contributed by atoms with Crippen molar-refractivity contribution in [3.63, 3.8) is 0 Å². The van der Waals surface area contributed by atoms with Crippen molar-refractivity contribution in [3.05, 3.63) is 0 Å². The smallest absolute Gasteiger partial charge is 0.320 e. The molecular weight excluding hydrogens is 477 g/mol. The van der Waals surface area contributed by atoms with E-state index in [1.807, 2.05) is 0 Å². The Morgan fingerprint density at radius 1 is 0.724 bits per heavy atom. The third-order valence-electron chi connectivity index (χ3n) is 5.41.